The number of fused-ring (bicyclic) bond motifs is 2. The number of aliphatic imine (C=N–C) groups is 1. The number of aromatic nitrogens is 1. The summed E-state index contributed by atoms with van der Waals surface area (Å²) >= 11 is 3.64. The number of rotatable bonds is 13. The molecule has 2 heterocycles. The fourth-order valence-electron chi connectivity index (χ4n) is 8.37. The number of halogens is 1. The Morgan fingerprint density at radius 3 is 2.25 bits per heavy atom. The summed E-state index contributed by atoms with van der Waals surface area (Å²) in [6, 6.07) is 15.9. The van der Waals surface area contributed by atoms with Crippen LogP contribution in [-0.4, -0.2) is 106 Å². The van der Waals surface area contributed by atoms with Crippen LogP contribution in [0.1, 0.15) is 67.7 Å². The second-order valence-corrected chi connectivity index (χ2v) is 20.6. The van der Waals surface area contributed by atoms with Gasteiger partial charge in [-0.05, 0) is 66.5 Å². The molecule has 1 spiro atoms. The van der Waals surface area contributed by atoms with E-state index in [1.54, 1.807) is 30.5 Å². The molecule has 13 N–H and O–H groups in total. The van der Waals surface area contributed by atoms with Crippen molar-refractivity contribution in [2.24, 2.45) is 22.2 Å². The number of nitrogens with one attached hydrogen (secondary N) is 7. The van der Waals surface area contributed by atoms with Crippen LogP contribution in [-0.2, 0) is 59.2 Å². The lowest BCUT2D eigenvalue weighted by molar-refractivity contribution is -0.138. The molecule has 6 atom stereocenters. The van der Waals surface area contributed by atoms with Gasteiger partial charge in [0.05, 0.1) is 0 Å². The molecular formula is C48H60BrN11O7S2. The maximum Gasteiger partial charge on any atom is 0.246 e. The number of benzene rings is 3. The van der Waals surface area contributed by atoms with Crippen molar-refractivity contribution in [1.29, 1.82) is 0 Å². The lowest BCUT2D eigenvalue weighted by Gasteiger charge is -2.39. The highest BCUT2D eigenvalue weighted by Crippen LogP contribution is 2.34. The molecule has 21 heteroatoms. The Labute approximate surface area is 417 Å². The van der Waals surface area contributed by atoms with Gasteiger partial charge in [-0.1, -0.05) is 112 Å². The standard InChI is InChI=1S/C48H60BrN11O7S2/c1-2-3-18-40(61)55-39-27-69-68-26-38(41(50)62)58-44(65)37(23-30-25-54-34-16-8-7-14-32(30)34)57-42(63)35(17-10-21-53-47(51)52)56-43(64)36(22-28-11-5-4-6-12-28)59-46(67)48(60-45(39)66)20-19-31-29(24-48)13-9-15-33(31)49/h4-9,11-16,25,35-39,54H,2-3,10,17-24,26-27H2,1H3,(H2,50,62)(H,55,61)(H,56,64)(H,57,63)(H,58,65)(H,59,67)(H,60,66)(H4,51,52,53)/t35-,36+,37-,38-,39-,48?/m0/s1. The quantitative estimate of drug-likeness (QED) is 0.0401. The van der Waals surface area contributed by atoms with E-state index in [9.17, 15) is 28.8 Å². The number of guanidine groups is 1. The molecule has 69 heavy (non-hydrogen) atoms. The topological polar surface area (TPSA) is 298 Å². The minimum Gasteiger partial charge on any atom is -0.370 e. The first-order chi connectivity index (χ1) is 33.2. The van der Waals surface area contributed by atoms with E-state index in [2.05, 4.69) is 57.8 Å². The number of primary amides is 1. The molecule has 7 amide bonds. The van der Waals surface area contributed by atoms with Gasteiger partial charge in [-0.15, -0.1) is 0 Å². The van der Waals surface area contributed by atoms with Crippen LogP contribution in [0.15, 0.2) is 88.5 Å². The molecule has 0 saturated carbocycles. The van der Waals surface area contributed by atoms with E-state index in [0.29, 0.717) is 24.0 Å². The average Bonchev–Trinajstić information content (AvgIpc) is 3.74. The molecule has 1 aliphatic carbocycles. The monoisotopic (exact) mass is 1050 g/mol. The number of unbranched alkanes of at least 4 members (excludes halogenated alkanes) is 1. The van der Waals surface area contributed by atoms with Crippen LogP contribution >= 0.6 is 37.5 Å². The number of para-hydroxylation sites is 1. The summed E-state index contributed by atoms with van der Waals surface area (Å²) in [6.45, 7) is 2.06. The summed E-state index contributed by atoms with van der Waals surface area (Å²) in [6.07, 6.45) is 4.04. The summed E-state index contributed by atoms with van der Waals surface area (Å²) in [5, 5.41) is 18.1. The SMILES string of the molecule is CCCCC(=O)N[C@H]1CSSC[C@@H](C(N)=O)NC(=O)[C@H](Cc2c[nH]c3ccccc23)NC(=O)[C@H](CCCN=C(N)N)NC(=O)[C@@H](Cc2ccccc2)NC(=O)C2(CCc3c(Br)cccc3C2)NC1=O. The maximum absolute atomic E-state index is 15.1. The molecule has 1 fully saturated rings. The highest BCUT2D eigenvalue weighted by atomic mass is 79.9. The van der Waals surface area contributed by atoms with Crippen LogP contribution in [0.25, 0.3) is 10.9 Å². The molecule has 6 rings (SSSR count). The third kappa shape index (κ3) is 14.5. The van der Waals surface area contributed by atoms with E-state index in [1.165, 1.54) is 10.8 Å². The molecule has 2 aliphatic rings. The highest BCUT2D eigenvalue weighted by molar-refractivity contribution is 9.10. The van der Waals surface area contributed by atoms with Gasteiger partial charge in [-0.2, -0.15) is 0 Å². The molecule has 1 aromatic heterocycles. The van der Waals surface area contributed by atoms with Crippen molar-refractivity contribution in [3.05, 3.63) is 106 Å². The van der Waals surface area contributed by atoms with Gasteiger partial charge < -0.3 is 54.1 Å². The number of aromatic amines is 1. The van der Waals surface area contributed by atoms with Gasteiger partial charge in [0.25, 0.3) is 0 Å². The predicted molar refractivity (Wildman–Crippen MR) is 272 cm³/mol. The second-order valence-electron chi connectivity index (χ2n) is 17.2. The number of amides is 7. The lowest BCUT2D eigenvalue weighted by Crippen LogP contribution is -2.67. The van der Waals surface area contributed by atoms with Crippen LogP contribution in [0.2, 0.25) is 0 Å². The Bertz CT molecular complexity index is 2520. The van der Waals surface area contributed by atoms with E-state index in [-0.39, 0.29) is 74.9 Å². The first-order valence-corrected chi connectivity index (χ1v) is 26.2. The number of carbonyl (C=O) groups is 7. The number of nitrogens with two attached hydrogens (primary N) is 3. The molecule has 4 aromatic rings. The van der Waals surface area contributed by atoms with Crippen LogP contribution in [0, 0.1) is 0 Å². The Morgan fingerprint density at radius 2 is 1.49 bits per heavy atom. The number of nitrogens with zero attached hydrogens (tertiary/aromatic N) is 1. The van der Waals surface area contributed by atoms with Crippen LogP contribution < -0.4 is 49.1 Å². The van der Waals surface area contributed by atoms with Crippen LogP contribution in [0.3, 0.4) is 0 Å². The molecule has 0 radical (unpaired) electrons. The molecule has 3 aromatic carbocycles. The summed E-state index contributed by atoms with van der Waals surface area (Å²) in [5.41, 5.74) is 19.4. The number of hydrogen-bond acceptors (Lipinski definition) is 10. The minimum absolute atomic E-state index is 0.00299. The zero-order chi connectivity index (χ0) is 49.5. The van der Waals surface area contributed by atoms with E-state index >= 15 is 4.79 Å². The zero-order valence-corrected chi connectivity index (χ0v) is 41.5. The molecule has 18 nitrogen and oxygen atoms in total. The van der Waals surface area contributed by atoms with E-state index in [0.717, 1.165) is 43.7 Å². The highest BCUT2D eigenvalue weighted by Gasteiger charge is 2.46. The van der Waals surface area contributed by atoms with Crippen molar-refractivity contribution in [1.82, 2.24) is 36.9 Å². The summed E-state index contributed by atoms with van der Waals surface area (Å²) in [4.78, 5) is 107. The van der Waals surface area contributed by atoms with Gasteiger partial charge in [0.1, 0.15) is 35.7 Å². The van der Waals surface area contributed by atoms with Crippen LogP contribution in [0.4, 0.5) is 0 Å². The normalized spacial score (nSPS) is 23.0. The van der Waals surface area contributed by atoms with Crippen molar-refractivity contribution in [2.75, 3.05) is 18.1 Å². The Morgan fingerprint density at radius 1 is 0.797 bits per heavy atom. The fourth-order valence-corrected chi connectivity index (χ4v) is 11.3. The van der Waals surface area contributed by atoms with Gasteiger partial charge in [0.2, 0.25) is 41.4 Å². The van der Waals surface area contributed by atoms with Crippen molar-refractivity contribution in [3.8, 4) is 0 Å². The van der Waals surface area contributed by atoms with Crippen molar-refractivity contribution in [2.45, 2.75) is 107 Å². The number of hydrogen-bond donors (Lipinski definition) is 10. The second kappa shape index (κ2) is 25.0. The van der Waals surface area contributed by atoms with Crippen molar-refractivity contribution >= 4 is 95.7 Å². The number of H-pyrrole nitrogens is 1. The smallest absolute Gasteiger partial charge is 0.246 e. The molecule has 1 aliphatic heterocycles. The predicted octanol–water partition coefficient (Wildman–Crippen LogP) is 2.31. The zero-order valence-electron chi connectivity index (χ0n) is 38.3. The molecule has 1 unspecified atom stereocenters. The van der Waals surface area contributed by atoms with E-state index in [1.807, 2.05) is 55.5 Å². The summed E-state index contributed by atoms with van der Waals surface area (Å²) < 4.78 is 0.850. The maximum atomic E-state index is 15.1. The number of carbonyl (C=O) groups excluding carboxylic acids is 7. The summed E-state index contributed by atoms with van der Waals surface area (Å²) in [7, 11) is 2.33. The van der Waals surface area contributed by atoms with Gasteiger partial charge in [-0.25, -0.2) is 0 Å². The first kappa shape index (κ1) is 52.3. The first-order valence-electron chi connectivity index (χ1n) is 22.9. The Kier molecular flexibility index (Phi) is 18.9. The third-order valence-electron chi connectivity index (χ3n) is 12.1. The van der Waals surface area contributed by atoms with Crippen LogP contribution in [0.5, 0.6) is 0 Å². The van der Waals surface area contributed by atoms with Gasteiger partial charge in [0, 0.05) is 65.3 Å². The Balaban J connectivity index is 1.42. The lowest BCUT2D eigenvalue weighted by atomic mass is 9.76. The van der Waals surface area contributed by atoms with Gasteiger partial charge in [0.15, 0.2) is 5.96 Å². The third-order valence-corrected chi connectivity index (χ3v) is 15.3. The Hall–Kier alpha value is -6.06. The average molecular weight is 1050 g/mol. The van der Waals surface area contributed by atoms with Gasteiger partial charge in [-0.3, -0.25) is 38.6 Å². The van der Waals surface area contributed by atoms with Crippen molar-refractivity contribution < 1.29 is 33.6 Å². The van der Waals surface area contributed by atoms with E-state index in [4.69, 9.17) is 17.2 Å². The minimum atomic E-state index is -1.60. The molecule has 368 valence electrons. The molecule has 0 bridgehead atoms. The fraction of sp³-hybridized carbons (Fsp3) is 0.417. The van der Waals surface area contributed by atoms with E-state index < -0.39 is 71.2 Å². The summed E-state index contributed by atoms with van der Waals surface area (Å²) in [5.74, 6) is -4.82. The molecular weight excluding hydrogens is 987 g/mol. The van der Waals surface area contributed by atoms with Gasteiger partial charge >= 0.3 is 0 Å². The van der Waals surface area contributed by atoms with Crippen molar-refractivity contribution in [3.63, 3.8) is 0 Å². The molecule has 1 saturated heterocycles. The largest absolute Gasteiger partial charge is 0.370 e.